The van der Waals surface area contributed by atoms with E-state index in [9.17, 15) is 0 Å². The zero-order valence-corrected chi connectivity index (χ0v) is 9.76. The van der Waals surface area contributed by atoms with Crippen LogP contribution in [0.1, 0.15) is 5.69 Å². The highest BCUT2D eigenvalue weighted by Gasteiger charge is 2.15. The molecule has 0 aromatic carbocycles. The van der Waals surface area contributed by atoms with Crippen LogP contribution >= 0.6 is 27.3 Å². The molecule has 0 aliphatic heterocycles. The van der Waals surface area contributed by atoms with Gasteiger partial charge in [0.15, 0.2) is 5.69 Å². The van der Waals surface area contributed by atoms with E-state index in [1.165, 1.54) is 0 Å². The number of thiophene rings is 1. The molecule has 0 saturated carbocycles. The molecule has 0 bridgehead atoms. The molecule has 0 aliphatic carbocycles. The number of rotatable bonds is 1. The number of halogens is 1. The highest BCUT2D eigenvalue weighted by molar-refractivity contribution is 9.10. The molecule has 0 N–H and O–H groups in total. The van der Waals surface area contributed by atoms with E-state index in [1.807, 2.05) is 30.6 Å². The van der Waals surface area contributed by atoms with E-state index in [2.05, 4.69) is 21.0 Å². The summed E-state index contributed by atoms with van der Waals surface area (Å²) in [5, 5.41) is 14.9. The second kappa shape index (κ2) is 3.56. The number of hydrogen-bond acceptors (Lipinski definition) is 3. The first-order chi connectivity index (χ1) is 6.74. The van der Waals surface area contributed by atoms with Crippen LogP contribution in [0.15, 0.2) is 22.0 Å². The molecule has 3 nitrogen and oxygen atoms in total. The Bertz CT molecular complexity index is 493. The quantitative estimate of drug-likeness (QED) is 0.798. The Labute approximate surface area is 93.7 Å². The largest absolute Gasteiger partial charge is 0.265 e. The maximum absolute atomic E-state index is 8.80. The van der Waals surface area contributed by atoms with Gasteiger partial charge in [-0.2, -0.15) is 10.4 Å². The van der Waals surface area contributed by atoms with Crippen LogP contribution in [0, 0.1) is 11.3 Å². The van der Waals surface area contributed by atoms with E-state index in [0.717, 1.165) is 15.0 Å². The van der Waals surface area contributed by atoms with Gasteiger partial charge in [-0.15, -0.1) is 11.3 Å². The fourth-order valence-corrected chi connectivity index (χ4v) is 2.83. The number of aryl methyl sites for hydroxylation is 1. The van der Waals surface area contributed by atoms with Gasteiger partial charge in [0.25, 0.3) is 0 Å². The Balaban J connectivity index is 2.66. The Morgan fingerprint density at radius 2 is 2.43 bits per heavy atom. The summed E-state index contributed by atoms with van der Waals surface area (Å²) in [7, 11) is 1.83. The van der Waals surface area contributed by atoms with Crippen molar-refractivity contribution in [2.45, 2.75) is 0 Å². The van der Waals surface area contributed by atoms with Crippen molar-refractivity contribution in [3.8, 4) is 16.6 Å². The molecule has 0 unspecified atom stereocenters. The van der Waals surface area contributed by atoms with Gasteiger partial charge in [0.1, 0.15) is 6.07 Å². The fraction of sp³-hybridized carbons (Fsp3) is 0.111. The van der Waals surface area contributed by atoms with E-state index in [1.54, 1.807) is 16.0 Å². The van der Waals surface area contributed by atoms with Gasteiger partial charge in [-0.25, -0.2) is 0 Å². The number of aromatic nitrogens is 2. The molecule has 0 spiro atoms. The molecule has 14 heavy (non-hydrogen) atoms. The number of nitrogens with zero attached hydrogens (tertiary/aromatic N) is 3. The summed E-state index contributed by atoms with van der Waals surface area (Å²) in [6, 6.07) is 6.03. The highest BCUT2D eigenvalue weighted by atomic mass is 79.9. The molecule has 0 fully saturated rings. The van der Waals surface area contributed by atoms with Crippen LogP contribution in [-0.2, 0) is 7.05 Å². The first-order valence-electron chi connectivity index (χ1n) is 3.90. The van der Waals surface area contributed by atoms with E-state index < -0.39 is 0 Å². The predicted molar refractivity (Wildman–Crippen MR) is 58.9 cm³/mol. The van der Waals surface area contributed by atoms with E-state index in [0.29, 0.717) is 5.69 Å². The molecule has 70 valence electrons. The molecule has 0 saturated heterocycles. The molecule has 2 aromatic heterocycles. The van der Waals surface area contributed by atoms with Crippen molar-refractivity contribution in [3.63, 3.8) is 0 Å². The van der Waals surface area contributed by atoms with Gasteiger partial charge >= 0.3 is 0 Å². The average molecular weight is 268 g/mol. The average Bonchev–Trinajstić information content (AvgIpc) is 2.74. The maximum Gasteiger partial charge on any atom is 0.177 e. The summed E-state index contributed by atoms with van der Waals surface area (Å²) >= 11 is 5.01. The van der Waals surface area contributed by atoms with Crippen LogP contribution < -0.4 is 0 Å². The lowest BCUT2D eigenvalue weighted by molar-refractivity contribution is 0.772. The van der Waals surface area contributed by atoms with Crippen molar-refractivity contribution in [1.82, 2.24) is 9.78 Å². The third kappa shape index (κ3) is 1.37. The lowest BCUT2D eigenvalue weighted by Gasteiger charge is -1.97. The standard InChI is InChI=1S/C9H6BrN3S/c1-13-9(7-3-2-4-14-7)8(10)6(5-11)12-13/h2-4H,1H3. The first kappa shape index (κ1) is 9.44. The van der Waals surface area contributed by atoms with Gasteiger partial charge < -0.3 is 0 Å². The van der Waals surface area contributed by atoms with Crippen molar-refractivity contribution >= 4 is 27.3 Å². The maximum atomic E-state index is 8.80. The van der Waals surface area contributed by atoms with Gasteiger partial charge in [0.2, 0.25) is 0 Å². The fourth-order valence-electron chi connectivity index (χ4n) is 1.25. The summed E-state index contributed by atoms with van der Waals surface area (Å²) in [5.74, 6) is 0. The minimum atomic E-state index is 0.427. The van der Waals surface area contributed by atoms with Crippen LogP contribution in [0.2, 0.25) is 0 Å². The third-order valence-corrected chi connectivity index (χ3v) is 3.48. The molecule has 0 amide bonds. The number of hydrogen-bond donors (Lipinski definition) is 0. The molecule has 2 heterocycles. The molecule has 2 aromatic rings. The second-order valence-corrected chi connectivity index (χ2v) is 4.46. The SMILES string of the molecule is Cn1nc(C#N)c(Br)c1-c1cccs1. The normalized spacial score (nSPS) is 10.1. The Kier molecular flexibility index (Phi) is 2.40. The summed E-state index contributed by atoms with van der Waals surface area (Å²) in [6.07, 6.45) is 0. The molecule has 2 rings (SSSR count). The third-order valence-electron chi connectivity index (χ3n) is 1.85. The van der Waals surface area contributed by atoms with Gasteiger partial charge in [-0.3, -0.25) is 4.68 Å². The highest BCUT2D eigenvalue weighted by Crippen LogP contribution is 2.32. The number of nitriles is 1. The lowest BCUT2D eigenvalue weighted by atomic mass is 10.3. The van der Waals surface area contributed by atoms with Crippen molar-refractivity contribution in [2.24, 2.45) is 7.05 Å². The van der Waals surface area contributed by atoms with E-state index in [-0.39, 0.29) is 0 Å². The second-order valence-electron chi connectivity index (χ2n) is 2.72. The lowest BCUT2D eigenvalue weighted by Crippen LogP contribution is -1.92. The Hall–Kier alpha value is -1.12. The molecular weight excluding hydrogens is 262 g/mol. The van der Waals surface area contributed by atoms with Gasteiger partial charge in [-0.05, 0) is 27.4 Å². The van der Waals surface area contributed by atoms with Crippen LogP contribution in [0.4, 0.5) is 0 Å². The van der Waals surface area contributed by atoms with Crippen molar-refractivity contribution in [2.75, 3.05) is 0 Å². The molecule has 0 atom stereocenters. The smallest absolute Gasteiger partial charge is 0.177 e. The van der Waals surface area contributed by atoms with Crippen molar-refractivity contribution in [3.05, 3.63) is 27.7 Å². The van der Waals surface area contributed by atoms with Crippen molar-refractivity contribution < 1.29 is 0 Å². The van der Waals surface area contributed by atoms with Gasteiger partial charge in [-0.1, -0.05) is 6.07 Å². The topological polar surface area (TPSA) is 41.6 Å². The zero-order chi connectivity index (χ0) is 10.1. The molecular formula is C9H6BrN3S. The monoisotopic (exact) mass is 267 g/mol. The summed E-state index contributed by atoms with van der Waals surface area (Å²) in [5.41, 5.74) is 1.38. The summed E-state index contributed by atoms with van der Waals surface area (Å²) in [4.78, 5) is 1.10. The van der Waals surface area contributed by atoms with Crippen LogP contribution in [0.25, 0.3) is 10.6 Å². The molecule has 0 radical (unpaired) electrons. The van der Waals surface area contributed by atoms with Gasteiger partial charge in [0.05, 0.1) is 15.0 Å². The Morgan fingerprint density at radius 3 is 2.93 bits per heavy atom. The minimum absolute atomic E-state index is 0.427. The zero-order valence-electron chi connectivity index (χ0n) is 7.36. The Morgan fingerprint density at radius 1 is 1.64 bits per heavy atom. The molecule has 5 heteroatoms. The van der Waals surface area contributed by atoms with Crippen LogP contribution in [0.5, 0.6) is 0 Å². The van der Waals surface area contributed by atoms with E-state index >= 15 is 0 Å². The van der Waals surface area contributed by atoms with Crippen LogP contribution in [0.3, 0.4) is 0 Å². The molecule has 0 aliphatic rings. The predicted octanol–water partition coefficient (Wildman–Crippen LogP) is 2.78. The summed E-state index contributed by atoms with van der Waals surface area (Å²) < 4.78 is 2.49. The summed E-state index contributed by atoms with van der Waals surface area (Å²) in [6.45, 7) is 0. The van der Waals surface area contributed by atoms with Gasteiger partial charge in [0, 0.05) is 7.05 Å². The first-order valence-corrected chi connectivity index (χ1v) is 5.57. The van der Waals surface area contributed by atoms with Crippen LogP contribution in [-0.4, -0.2) is 9.78 Å². The van der Waals surface area contributed by atoms with E-state index in [4.69, 9.17) is 5.26 Å². The van der Waals surface area contributed by atoms with Crippen molar-refractivity contribution in [1.29, 1.82) is 5.26 Å². The minimum Gasteiger partial charge on any atom is -0.265 e.